The molecule has 2 rings (SSSR count). The molecule has 0 amide bonds. The molecule has 6 heteroatoms. The fourth-order valence-corrected chi connectivity index (χ4v) is 3.51. The molecule has 0 unspecified atom stereocenters. The number of rotatable bonds is 6. The molecular formula is C22H23BrF2O3. The molecule has 0 aliphatic rings. The molecule has 1 atom stereocenters. The second-order valence-electron chi connectivity index (χ2n) is 6.68. The van der Waals surface area contributed by atoms with E-state index in [1.54, 1.807) is 30.3 Å². The number of aryl methyl sites for hydroxylation is 3. The van der Waals surface area contributed by atoms with Gasteiger partial charge in [-0.15, -0.1) is 0 Å². The van der Waals surface area contributed by atoms with Gasteiger partial charge < -0.3 is 9.84 Å². The number of hydrogen-bond acceptors (Lipinski definition) is 3. The Bertz CT molecular complexity index is 865. The van der Waals surface area contributed by atoms with Crippen molar-refractivity contribution in [3.8, 4) is 0 Å². The molecule has 28 heavy (non-hydrogen) atoms. The Morgan fingerprint density at radius 3 is 2.14 bits per heavy atom. The third-order valence-corrected chi connectivity index (χ3v) is 5.01. The summed E-state index contributed by atoms with van der Waals surface area (Å²) in [4.78, 5) is 8.38. The van der Waals surface area contributed by atoms with Crippen LogP contribution >= 0.6 is 15.9 Å². The molecule has 0 aliphatic carbocycles. The highest BCUT2D eigenvalue weighted by Gasteiger charge is 2.57. The number of carbonyl (C=O) groups is 1. The highest BCUT2D eigenvalue weighted by atomic mass is 79.9. The maximum Gasteiger partial charge on any atom is 0.349 e. The minimum absolute atomic E-state index is 0.138. The van der Waals surface area contributed by atoms with Gasteiger partial charge in [0.2, 0.25) is 0 Å². The molecule has 2 aromatic carbocycles. The fraction of sp³-hybridized carbons (Fsp3) is 0.318. The maximum atomic E-state index is 14.3. The summed E-state index contributed by atoms with van der Waals surface area (Å²) in [7, 11) is 0. The first kappa shape index (κ1) is 22.2. The summed E-state index contributed by atoms with van der Waals surface area (Å²) in [5, 5.41) is 10.7. The van der Waals surface area contributed by atoms with Crippen molar-refractivity contribution in [2.75, 3.05) is 6.61 Å². The van der Waals surface area contributed by atoms with E-state index in [1.165, 1.54) is 6.92 Å². The van der Waals surface area contributed by atoms with E-state index in [1.807, 2.05) is 32.9 Å². The van der Waals surface area contributed by atoms with E-state index >= 15 is 0 Å². The zero-order valence-electron chi connectivity index (χ0n) is 16.2. The molecule has 0 saturated heterocycles. The third-order valence-electron chi connectivity index (χ3n) is 4.40. The summed E-state index contributed by atoms with van der Waals surface area (Å²) in [5.74, 6) is -1.42. The van der Waals surface area contributed by atoms with Gasteiger partial charge in [-0.25, -0.2) is 4.79 Å². The molecule has 1 N–H and O–H groups in total. The minimum Gasteiger partial charge on any atom is -0.463 e. The van der Waals surface area contributed by atoms with Gasteiger partial charge in [0.05, 0.1) is 6.61 Å². The van der Waals surface area contributed by atoms with Crippen LogP contribution in [-0.2, 0) is 9.53 Å². The standard InChI is InChI=1S/C22H23BrF2O3/c1-5-28-20(26)21(27,22(23,24)25)13-18(17-9-7-6-8-10-17)19-15(3)11-14(2)12-16(19)4/h6-13,27H,5H2,1-4H3/b18-13+/t21-/m0/s1. The van der Waals surface area contributed by atoms with E-state index < -0.39 is 16.4 Å². The normalized spacial score (nSPS) is 14.5. The molecule has 150 valence electrons. The van der Waals surface area contributed by atoms with Gasteiger partial charge in [0.1, 0.15) is 0 Å². The maximum absolute atomic E-state index is 14.3. The van der Waals surface area contributed by atoms with Crippen LogP contribution in [0, 0.1) is 20.8 Å². The van der Waals surface area contributed by atoms with Gasteiger partial charge in [0.25, 0.3) is 5.60 Å². The van der Waals surface area contributed by atoms with Crippen LogP contribution in [0.2, 0.25) is 0 Å². The summed E-state index contributed by atoms with van der Waals surface area (Å²) in [6.07, 6.45) is 0.889. The molecule has 2 aromatic rings. The quantitative estimate of drug-likeness (QED) is 0.476. The predicted octanol–water partition coefficient (Wildman–Crippen LogP) is 5.33. The van der Waals surface area contributed by atoms with Gasteiger partial charge in [-0.2, -0.15) is 8.78 Å². The Kier molecular flexibility index (Phi) is 6.78. The van der Waals surface area contributed by atoms with Crippen LogP contribution in [0.15, 0.2) is 48.5 Å². The topological polar surface area (TPSA) is 46.5 Å². The highest BCUT2D eigenvalue weighted by molar-refractivity contribution is 9.10. The molecule has 0 bridgehead atoms. The Labute approximate surface area is 172 Å². The first-order chi connectivity index (χ1) is 13.0. The lowest BCUT2D eigenvalue weighted by atomic mass is 9.86. The lowest BCUT2D eigenvalue weighted by Gasteiger charge is -2.29. The molecular weight excluding hydrogens is 430 g/mol. The zero-order valence-corrected chi connectivity index (χ0v) is 17.8. The summed E-state index contributed by atoms with van der Waals surface area (Å²) in [6.45, 7) is 7.02. The minimum atomic E-state index is -3.93. The van der Waals surface area contributed by atoms with Gasteiger partial charge >= 0.3 is 10.8 Å². The largest absolute Gasteiger partial charge is 0.463 e. The van der Waals surface area contributed by atoms with E-state index in [9.17, 15) is 18.7 Å². The van der Waals surface area contributed by atoms with E-state index in [2.05, 4.69) is 15.9 Å². The molecule has 0 heterocycles. The van der Waals surface area contributed by atoms with Crippen molar-refractivity contribution in [2.45, 2.75) is 38.1 Å². The average Bonchev–Trinajstić information content (AvgIpc) is 2.59. The van der Waals surface area contributed by atoms with Crippen LogP contribution in [0.1, 0.15) is 34.7 Å². The van der Waals surface area contributed by atoms with E-state index in [0.717, 1.165) is 22.8 Å². The van der Waals surface area contributed by atoms with Crippen LogP contribution in [-0.4, -0.2) is 28.1 Å². The first-order valence-corrected chi connectivity index (χ1v) is 9.63. The monoisotopic (exact) mass is 452 g/mol. The summed E-state index contributed by atoms with van der Waals surface area (Å²) in [6, 6.07) is 12.6. The van der Waals surface area contributed by atoms with Gasteiger partial charge in [0, 0.05) is 0 Å². The van der Waals surface area contributed by atoms with Crippen molar-refractivity contribution in [1.82, 2.24) is 0 Å². The van der Waals surface area contributed by atoms with E-state index in [4.69, 9.17) is 4.74 Å². The molecule has 0 aromatic heterocycles. The van der Waals surface area contributed by atoms with E-state index in [-0.39, 0.29) is 6.61 Å². The summed E-state index contributed by atoms with van der Waals surface area (Å²) < 4.78 is 33.4. The molecule has 0 radical (unpaired) electrons. The Morgan fingerprint density at radius 2 is 1.68 bits per heavy atom. The predicted molar refractivity (Wildman–Crippen MR) is 110 cm³/mol. The van der Waals surface area contributed by atoms with Crippen molar-refractivity contribution in [3.63, 3.8) is 0 Å². The van der Waals surface area contributed by atoms with Gasteiger partial charge in [-0.1, -0.05) is 48.0 Å². The Hall–Kier alpha value is -2.05. The van der Waals surface area contributed by atoms with Gasteiger partial charge in [0.15, 0.2) is 0 Å². The summed E-state index contributed by atoms with van der Waals surface area (Å²) in [5.41, 5.74) is 1.13. The first-order valence-electron chi connectivity index (χ1n) is 8.84. The van der Waals surface area contributed by atoms with Gasteiger partial charge in [-0.05, 0) is 77.5 Å². The highest BCUT2D eigenvalue weighted by Crippen LogP contribution is 2.41. The van der Waals surface area contributed by atoms with Crippen molar-refractivity contribution < 1.29 is 23.4 Å². The Balaban J connectivity index is 2.84. The van der Waals surface area contributed by atoms with Crippen molar-refractivity contribution >= 4 is 27.5 Å². The van der Waals surface area contributed by atoms with Crippen LogP contribution in [0.3, 0.4) is 0 Å². The molecule has 3 nitrogen and oxygen atoms in total. The number of carbonyl (C=O) groups excluding carboxylic acids is 1. The van der Waals surface area contributed by atoms with Crippen LogP contribution in [0.5, 0.6) is 0 Å². The van der Waals surface area contributed by atoms with Crippen LogP contribution in [0.4, 0.5) is 8.78 Å². The number of hydrogen-bond donors (Lipinski definition) is 1. The fourth-order valence-electron chi connectivity index (χ4n) is 3.23. The van der Waals surface area contributed by atoms with Crippen molar-refractivity contribution in [3.05, 3.63) is 76.4 Å². The van der Waals surface area contributed by atoms with Crippen molar-refractivity contribution in [1.29, 1.82) is 0 Å². The van der Waals surface area contributed by atoms with Gasteiger partial charge in [-0.3, -0.25) is 0 Å². The number of benzene rings is 2. The Morgan fingerprint density at radius 1 is 1.14 bits per heavy atom. The number of esters is 1. The second-order valence-corrected chi connectivity index (χ2v) is 7.68. The average molecular weight is 453 g/mol. The smallest absolute Gasteiger partial charge is 0.349 e. The number of halogens is 3. The molecule has 0 fully saturated rings. The number of alkyl halides is 3. The zero-order chi connectivity index (χ0) is 21.1. The SMILES string of the molecule is CCOC(=O)[C@@](O)(/C=C(\c1ccccc1)c1c(C)cc(C)cc1C)C(F)(F)Br. The lowest BCUT2D eigenvalue weighted by molar-refractivity contribution is -0.176. The van der Waals surface area contributed by atoms with Crippen LogP contribution < -0.4 is 0 Å². The second kappa shape index (κ2) is 8.53. The number of aliphatic hydroxyl groups is 1. The molecule has 0 spiro atoms. The molecule has 0 saturated carbocycles. The van der Waals surface area contributed by atoms with Crippen molar-refractivity contribution in [2.24, 2.45) is 0 Å². The van der Waals surface area contributed by atoms with Crippen LogP contribution in [0.25, 0.3) is 5.57 Å². The van der Waals surface area contributed by atoms with E-state index in [0.29, 0.717) is 16.7 Å². The molecule has 0 aliphatic heterocycles. The summed E-state index contributed by atoms with van der Waals surface area (Å²) >= 11 is 2.17. The lowest BCUT2D eigenvalue weighted by Crippen LogP contribution is -2.50. The third kappa shape index (κ3) is 4.50. The number of ether oxygens (including phenoxy) is 1.